The van der Waals surface area contributed by atoms with Gasteiger partial charge in [0.05, 0.1) is 6.04 Å². The SMILES string of the molecule is O=C(c1nnsc1NC(=O)N1CCCC[C@H]1c1cccnc1)N1CCN(c2ncccn2)CC1. The zero-order valence-corrected chi connectivity index (χ0v) is 19.4. The largest absolute Gasteiger partial charge is 0.337 e. The van der Waals surface area contributed by atoms with Crippen LogP contribution in [0.1, 0.15) is 41.4 Å². The third kappa shape index (κ3) is 4.67. The molecule has 0 unspecified atom stereocenters. The van der Waals surface area contributed by atoms with Crippen LogP contribution in [-0.4, -0.2) is 79.0 Å². The summed E-state index contributed by atoms with van der Waals surface area (Å²) >= 11 is 1.02. The number of aromatic nitrogens is 5. The Kier molecular flexibility index (Phi) is 6.56. The van der Waals surface area contributed by atoms with Gasteiger partial charge in [0.25, 0.3) is 5.91 Å². The highest BCUT2D eigenvalue weighted by molar-refractivity contribution is 7.10. The van der Waals surface area contributed by atoms with E-state index in [0.717, 1.165) is 36.4 Å². The molecule has 3 aromatic rings. The number of piperazine rings is 1. The van der Waals surface area contributed by atoms with Gasteiger partial charge in [-0.1, -0.05) is 10.6 Å². The first-order valence-corrected chi connectivity index (χ1v) is 12.1. The molecular weight excluding hydrogens is 454 g/mol. The minimum absolute atomic E-state index is 0.0456. The third-order valence-corrected chi connectivity index (χ3v) is 6.79. The Morgan fingerprint density at radius 3 is 2.59 bits per heavy atom. The molecule has 0 aliphatic carbocycles. The van der Waals surface area contributed by atoms with Gasteiger partial charge in [0.1, 0.15) is 0 Å². The molecule has 0 spiro atoms. The number of urea groups is 1. The summed E-state index contributed by atoms with van der Waals surface area (Å²) in [5.74, 6) is 0.419. The van der Waals surface area contributed by atoms with Gasteiger partial charge in [0.2, 0.25) is 5.95 Å². The monoisotopic (exact) mass is 479 g/mol. The number of nitrogens with one attached hydrogen (secondary N) is 1. The quantitative estimate of drug-likeness (QED) is 0.606. The zero-order valence-electron chi connectivity index (χ0n) is 18.6. The Bertz CT molecular complexity index is 1120. The molecule has 11 nitrogen and oxygen atoms in total. The first kappa shape index (κ1) is 22.1. The fourth-order valence-corrected chi connectivity index (χ4v) is 4.94. The first-order valence-electron chi connectivity index (χ1n) is 11.3. The van der Waals surface area contributed by atoms with E-state index in [4.69, 9.17) is 0 Å². The lowest BCUT2D eigenvalue weighted by Crippen LogP contribution is -2.49. The van der Waals surface area contributed by atoms with Crippen molar-refractivity contribution < 1.29 is 9.59 Å². The Morgan fingerprint density at radius 1 is 1.00 bits per heavy atom. The maximum atomic E-state index is 13.2. The van der Waals surface area contributed by atoms with Crippen molar-refractivity contribution in [2.45, 2.75) is 25.3 Å². The highest BCUT2D eigenvalue weighted by Gasteiger charge is 2.31. The smallest absolute Gasteiger partial charge is 0.323 e. The highest BCUT2D eigenvalue weighted by Crippen LogP contribution is 2.31. The number of carbonyl (C=O) groups is 2. The van der Waals surface area contributed by atoms with Gasteiger partial charge in [-0.15, -0.1) is 5.10 Å². The van der Waals surface area contributed by atoms with Crippen molar-refractivity contribution in [1.82, 2.24) is 34.3 Å². The Hall–Kier alpha value is -3.67. The third-order valence-electron chi connectivity index (χ3n) is 6.15. The van der Waals surface area contributed by atoms with Crippen molar-refractivity contribution in [2.75, 3.05) is 42.9 Å². The van der Waals surface area contributed by atoms with Gasteiger partial charge < -0.3 is 14.7 Å². The van der Waals surface area contributed by atoms with E-state index < -0.39 is 0 Å². The first-order chi connectivity index (χ1) is 16.7. The van der Waals surface area contributed by atoms with Crippen LogP contribution in [-0.2, 0) is 0 Å². The molecule has 0 aromatic carbocycles. The van der Waals surface area contributed by atoms with Gasteiger partial charge in [0.15, 0.2) is 10.7 Å². The van der Waals surface area contributed by atoms with Crippen molar-refractivity contribution in [3.8, 4) is 0 Å². The van der Waals surface area contributed by atoms with Gasteiger partial charge in [-0.05, 0) is 37.0 Å². The molecule has 0 bridgehead atoms. The fourth-order valence-electron chi connectivity index (χ4n) is 4.39. The van der Waals surface area contributed by atoms with E-state index in [9.17, 15) is 9.59 Å². The van der Waals surface area contributed by atoms with Crippen LogP contribution in [0.2, 0.25) is 0 Å². The van der Waals surface area contributed by atoms with E-state index in [2.05, 4.69) is 29.9 Å². The number of pyridine rings is 1. The molecule has 2 fully saturated rings. The molecule has 2 aliphatic rings. The normalized spacial score (nSPS) is 18.6. The molecule has 12 heteroatoms. The lowest BCUT2D eigenvalue weighted by molar-refractivity contribution is 0.0741. The number of anilines is 2. The van der Waals surface area contributed by atoms with Crippen LogP contribution in [0.15, 0.2) is 43.0 Å². The topological polar surface area (TPSA) is 120 Å². The van der Waals surface area contributed by atoms with Gasteiger partial charge in [-0.2, -0.15) is 0 Å². The number of hydrogen-bond donors (Lipinski definition) is 1. The number of nitrogens with zero attached hydrogens (tertiary/aromatic N) is 8. The predicted molar refractivity (Wildman–Crippen MR) is 127 cm³/mol. The number of rotatable bonds is 4. The summed E-state index contributed by atoms with van der Waals surface area (Å²) in [7, 11) is 0. The molecule has 5 rings (SSSR count). The second-order valence-corrected chi connectivity index (χ2v) is 8.95. The molecule has 2 saturated heterocycles. The van der Waals surface area contributed by atoms with E-state index in [0.29, 0.717) is 43.7 Å². The van der Waals surface area contributed by atoms with Crippen molar-refractivity contribution >= 4 is 34.4 Å². The number of likely N-dealkylation sites (tertiary alicyclic amines) is 1. The molecule has 3 aromatic heterocycles. The number of amides is 3. The van der Waals surface area contributed by atoms with Crippen molar-refractivity contribution in [2.24, 2.45) is 0 Å². The average Bonchev–Trinajstić information content (AvgIpc) is 3.37. The van der Waals surface area contributed by atoms with E-state index in [-0.39, 0.29) is 23.7 Å². The van der Waals surface area contributed by atoms with E-state index in [1.165, 1.54) is 0 Å². The highest BCUT2D eigenvalue weighted by atomic mass is 32.1. The van der Waals surface area contributed by atoms with E-state index >= 15 is 0 Å². The van der Waals surface area contributed by atoms with Crippen LogP contribution in [0.4, 0.5) is 15.7 Å². The summed E-state index contributed by atoms with van der Waals surface area (Å²) < 4.78 is 3.95. The average molecular weight is 480 g/mol. The molecule has 0 saturated carbocycles. The van der Waals surface area contributed by atoms with Gasteiger partial charge in [0, 0.05) is 69.0 Å². The van der Waals surface area contributed by atoms with E-state index in [1.54, 1.807) is 35.8 Å². The molecule has 2 aliphatic heterocycles. The molecule has 5 heterocycles. The van der Waals surface area contributed by atoms with Crippen LogP contribution in [0.5, 0.6) is 0 Å². The van der Waals surface area contributed by atoms with Crippen molar-refractivity contribution in [1.29, 1.82) is 0 Å². The van der Waals surface area contributed by atoms with Crippen LogP contribution in [0.3, 0.4) is 0 Å². The molecule has 176 valence electrons. The summed E-state index contributed by atoms with van der Waals surface area (Å²) in [5.41, 5.74) is 1.19. The predicted octanol–water partition coefficient (Wildman–Crippen LogP) is 2.44. The second kappa shape index (κ2) is 10.1. The van der Waals surface area contributed by atoms with Crippen LogP contribution in [0.25, 0.3) is 0 Å². The fraction of sp³-hybridized carbons (Fsp3) is 0.409. The molecule has 1 N–H and O–H groups in total. The second-order valence-electron chi connectivity index (χ2n) is 8.20. The van der Waals surface area contributed by atoms with Crippen LogP contribution < -0.4 is 10.2 Å². The number of carbonyl (C=O) groups excluding carboxylic acids is 2. The summed E-state index contributed by atoms with van der Waals surface area (Å²) in [4.78, 5) is 44.7. The minimum Gasteiger partial charge on any atom is -0.337 e. The summed E-state index contributed by atoms with van der Waals surface area (Å²) in [6.45, 7) is 2.91. The van der Waals surface area contributed by atoms with Gasteiger partial charge in [-0.3, -0.25) is 15.1 Å². The maximum Gasteiger partial charge on any atom is 0.323 e. The Morgan fingerprint density at radius 2 is 1.82 bits per heavy atom. The lowest BCUT2D eigenvalue weighted by atomic mass is 9.97. The Labute approximate surface area is 201 Å². The van der Waals surface area contributed by atoms with Gasteiger partial charge >= 0.3 is 6.03 Å². The van der Waals surface area contributed by atoms with E-state index in [1.807, 2.05) is 21.9 Å². The lowest BCUT2D eigenvalue weighted by Gasteiger charge is -2.36. The van der Waals surface area contributed by atoms with Crippen LogP contribution in [0, 0.1) is 0 Å². The molecule has 34 heavy (non-hydrogen) atoms. The minimum atomic E-state index is -0.250. The van der Waals surface area contributed by atoms with Crippen molar-refractivity contribution in [3.63, 3.8) is 0 Å². The molecule has 0 radical (unpaired) electrons. The number of piperidine rings is 1. The molecule has 1 atom stereocenters. The summed E-state index contributed by atoms with van der Waals surface area (Å²) in [6.07, 6.45) is 9.81. The number of hydrogen-bond acceptors (Lipinski definition) is 9. The Balaban J connectivity index is 1.24. The zero-order chi connectivity index (χ0) is 23.3. The summed E-state index contributed by atoms with van der Waals surface area (Å²) in [5, 5.41) is 7.31. The standard InChI is InChI=1S/C22H25N9O2S/c32-20(29-11-13-30(14-12-29)21-24-8-4-9-25-21)18-19(34-28-27-18)26-22(33)31-10-2-1-6-17(31)16-5-3-7-23-15-16/h3-5,7-9,15,17H,1-2,6,10-14H2,(H,26,33)/t17-/m0/s1. The maximum absolute atomic E-state index is 13.2. The molecular formula is C22H25N9O2S. The summed E-state index contributed by atoms with van der Waals surface area (Å²) in [6, 6.07) is 5.35. The molecule has 3 amide bonds. The van der Waals surface area contributed by atoms with Crippen molar-refractivity contribution in [3.05, 3.63) is 54.2 Å². The van der Waals surface area contributed by atoms with Gasteiger partial charge in [-0.25, -0.2) is 14.8 Å². The van der Waals surface area contributed by atoms with Crippen LogP contribution >= 0.6 is 11.5 Å².